The lowest BCUT2D eigenvalue weighted by Crippen LogP contribution is -2.47. The molecule has 1 saturated heterocycles. The Labute approximate surface area is 185 Å². The molecule has 3 N–H and O–H groups in total. The minimum atomic E-state index is -4.10. The van der Waals surface area contributed by atoms with E-state index in [0.29, 0.717) is 12.8 Å². The number of hydrogen-bond donors (Lipinski definition) is 3. The topological polar surface area (TPSA) is 154 Å². The van der Waals surface area contributed by atoms with Crippen molar-refractivity contribution in [1.82, 2.24) is 9.21 Å². The van der Waals surface area contributed by atoms with E-state index in [1.165, 1.54) is 36.3 Å². The van der Waals surface area contributed by atoms with E-state index in [-0.39, 0.29) is 54.5 Å². The number of β-amino-alcohol motifs (C(OH)–C–C–N with tert-alkyl or cyclic N) is 1. The maximum Gasteiger partial charge on any atom is 0.337 e. The first-order chi connectivity index (χ1) is 15.2. The minimum absolute atomic E-state index is 0.0183. The molecule has 0 aliphatic carbocycles. The van der Waals surface area contributed by atoms with E-state index in [9.17, 15) is 27.9 Å². The number of piperidine rings is 1. The fraction of sp³-hybridized carbons (Fsp3) is 0.450. The first-order valence-corrected chi connectivity index (χ1v) is 11.5. The highest BCUT2D eigenvalue weighted by Crippen LogP contribution is 2.28. The van der Waals surface area contributed by atoms with Gasteiger partial charge in [-0.3, -0.25) is 9.59 Å². The fourth-order valence-corrected chi connectivity index (χ4v) is 5.50. The lowest BCUT2D eigenvalue weighted by molar-refractivity contribution is -0.142. The number of anilines is 1. The van der Waals surface area contributed by atoms with E-state index in [1.54, 1.807) is 0 Å². The molecule has 0 saturated carbocycles. The average Bonchev–Trinajstić information content (AvgIpc) is 3.09. The molecule has 0 spiro atoms. The predicted molar refractivity (Wildman–Crippen MR) is 112 cm³/mol. The summed E-state index contributed by atoms with van der Waals surface area (Å²) in [6, 6.07) is 4.47. The Morgan fingerprint density at radius 1 is 1.28 bits per heavy atom. The summed E-state index contributed by atoms with van der Waals surface area (Å²) in [6.45, 7) is -0.226. The molecular weight excluding hydrogens is 442 g/mol. The van der Waals surface area contributed by atoms with Gasteiger partial charge in [-0.1, -0.05) is 6.07 Å². The third kappa shape index (κ3) is 4.61. The number of hydrogen-bond acceptors (Lipinski definition) is 8. The largest absolute Gasteiger partial charge is 0.480 e. The Bertz CT molecular complexity index is 1050. The number of nitrogens with zero attached hydrogens (tertiary/aromatic N) is 2. The zero-order valence-corrected chi connectivity index (χ0v) is 18.3. The van der Waals surface area contributed by atoms with Crippen LogP contribution in [0.25, 0.3) is 0 Å². The molecule has 1 aromatic rings. The van der Waals surface area contributed by atoms with Crippen molar-refractivity contribution in [2.75, 3.05) is 38.7 Å². The lowest BCUT2D eigenvalue weighted by atomic mass is 10.1. The Morgan fingerprint density at radius 3 is 2.69 bits per heavy atom. The second-order valence-corrected chi connectivity index (χ2v) is 9.30. The SMILES string of the molecule is COC(=O)C1=C(Nc2cccc(S(=O)(=O)N3CCCCC3C(=O)O)c2)C(=O)N(CCO)C1. The molecule has 2 aliphatic heterocycles. The monoisotopic (exact) mass is 467 g/mol. The number of carbonyl (C=O) groups excluding carboxylic acids is 2. The van der Waals surface area contributed by atoms with Crippen molar-refractivity contribution < 1.29 is 37.8 Å². The molecule has 0 bridgehead atoms. The van der Waals surface area contributed by atoms with E-state index in [1.807, 2.05) is 0 Å². The third-order valence-corrected chi connectivity index (χ3v) is 7.31. The van der Waals surface area contributed by atoms with Crippen molar-refractivity contribution in [3.8, 4) is 0 Å². The summed E-state index contributed by atoms with van der Waals surface area (Å²) in [4.78, 5) is 37.5. The molecule has 174 valence electrons. The second kappa shape index (κ2) is 9.67. The molecule has 12 heteroatoms. The van der Waals surface area contributed by atoms with Gasteiger partial charge in [0.2, 0.25) is 10.0 Å². The number of aliphatic hydroxyl groups is 1. The summed E-state index contributed by atoms with van der Waals surface area (Å²) < 4.78 is 32.0. The maximum atomic E-state index is 13.2. The fourth-order valence-electron chi connectivity index (χ4n) is 3.80. The molecular formula is C20H25N3O8S. The Kier molecular flexibility index (Phi) is 7.16. The Balaban J connectivity index is 1.92. The van der Waals surface area contributed by atoms with Gasteiger partial charge in [-0.25, -0.2) is 13.2 Å². The highest BCUT2D eigenvalue weighted by atomic mass is 32.2. The van der Waals surface area contributed by atoms with Crippen LogP contribution in [-0.4, -0.2) is 85.1 Å². The summed E-state index contributed by atoms with van der Waals surface area (Å²) in [5.74, 6) is -2.45. The molecule has 2 aliphatic rings. The van der Waals surface area contributed by atoms with Crippen LogP contribution in [0.2, 0.25) is 0 Å². The molecule has 1 unspecified atom stereocenters. The normalized spacial score (nSPS) is 19.9. The van der Waals surface area contributed by atoms with Gasteiger partial charge in [0.1, 0.15) is 11.7 Å². The van der Waals surface area contributed by atoms with Gasteiger partial charge in [-0.2, -0.15) is 4.31 Å². The van der Waals surface area contributed by atoms with Gasteiger partial charge in [0, 0.05) is 18.8 Å². The molecule has 0 aromatic heterocycles. The van der Waals surface area contributed by atoms with Crippen molar-refractivity contribution in [2.45, 2.75) is 30.2 Å². The first kappa shape index (κ1) is 23.7. The summed E-state index contributed by atoms with van der Waals surface area (Å²) in [5, 5.41) is 21.4. The van der Waals surface area contributed by atoms with Gasteiger partial charge < -0.3 is 25.2 Å². The van der Waals surface area contributed by atoms with Crippen LogP contribution in [0.1, 0.15) is 19.3 Å². The quantitative estimate of drug-likeness (QED) is 0.448. The molecule has 3 rings (SSSR count). The number of esters is 1. The maximum absolute atomic E-state index is 13.2. The zero-order valence-electron chi connectivity index (χ0n) is 17.5. The predicted octanol–water partition coefficient (Wildman–Crippen LogP) is -0.0121. The standard InChI is InChI=1S/C20H25N3O8S/c1-31-20(28)15-12-22(9-10-24)18(25)17(15)21-13-5-4-6-14(11-13)32(29,30)23-8-3-2-7-16(23)19(26)27/h4-6,11,16,21,24H,2-3,7-10,12H2,1H3,(H,26,27). The van der Waals surface area contributed by atoms with Crippen molar-refractivity contribution in [3.05, 3.63) is 35.5 Å². The molecule has 0 radical (unpaired) electrons. The van der Waals surface area contributed by atoms with Crippen LogP contribution in [0.4, 0.5) is 5.69 Å². The summed E-state index contributed by atoms with van der Waals surface area (Å²) in [6.07, 6.45) is 1.42. The number of rotatable bonds is 8. The zero-order chi connectivity index (χ0) is 23.5. The van der Waals surface area contributed by atoms with Crippen LogP contribution in [0.5, 0.6) is 0 Å². The van der Waals surface area contributed by atoms with Gasteiger partial charge in [-0.15, -0.1) is 0 Å². The molecule has 1 amide bonds. The molecule has 11 nitrogen and oxygen atoms in total. The molecule has 1 aromatic carbocycles. The van der Waals surface area contributed by atoms with Crippen LogP contribution < -0.4 is 5.32 Å². The van der Waals surface area contributed by atoms with Crippen LogP contribution in [0, 0.1) is 0 Å². The number of carbonyl (C=O) groups is 3. The number of aliphatic carboxylic acids is 1. The van der Waals surface area contributed by atoms with Gasteiger partial charge >= 0.3 is 11.9 Å². The number of sulfonamides is 1. The molecule has 1 atom stereocenters. The molecule has 2 heterocycles. The molecule has 1 fully saturated rings. The minimum Gasteiger partial charge on any atom is -0.480 e. The smallest absolute Gasteiger partial charge is 0.337 e. The van der Waals surface area contributed by atoms with Gasteiger partial charge in [0.05, 0.1) is 30.7 Å². The van der Waals surface area contributed by atoms with Gasteiger partial charge in [0.25, 0.3) is 5.91 Å². The second-order valence-electron chi connectivity index (χ2n) is 7.41. The number of carboxylic acids is 1. The van der Waals surface area contributed by atoms with E-state index in [2.05, 4.69) is 5.32 Å². The Hall–Kier alpha value is -2.96. The summed E-state index contributed by atoms with van der Waals surface area (Å²) in [7, 11) is -2.93. The van der Waals surface area contributed by atoms with Crippen molar-refractivity contribution in [2.24, 2.45) is 0 Å². The highest BCUT2D eigenvalue weighted by Gasteiger charge is 2.38. The lowest BCUT2D eigenvalue weighted by Gasteiger charge is -2.31. The van der Waals surface area contributed by atoms with E-state index >= 15 is 0 Å². The first-order valence-electron chi connectivity index (χ1n) is 10.0. The van der Waals surface area contributed by atoms with E-state index in [4.69, 9.17) is 9.84 Å². The summed E-state index contributed by atoms with van der Waals surface area (Å²) >= 11 is 0. The number of nitrogens with one attached hydrogen (secondary N) is 1. The highest BCUT2D eigenvalue weighted by molar-refractivity contribution is 7.89. The Morgan fingerprint density at radius 2 is 2.03 bits per heavy atom. The van der Waals surface area contributed by atoms with Crippen LogP contribution in [0.15, 0.2) is 40.4 Å². The van der Waals surface area contributed by atoms with Crippen molar-refractivity contribution in [1.29, 1.82) is 0 Å². The number of benzene rings is 1. The van der Waals surface area contributed by atoms with Crippen molar-refractivity contribution in [3.63, 3.8) is 0 Å². The molecule has 32 heavy (non-hydrogen) atoms. The number of methoxy groups -OCH3 is 1. The number of carboxylic acid groups (broad SMARTS) is 1. The average molecular weight is 468 g/mol. The van der Waals surface area contributed by atoms with Gasteiger partial charge in [0.15, 0.2) is 0 Å². The van der Waals surface area contributed by atoms with Gasteiger partial charge in [-0.05, 0) is 37.5 Å². The van der Waals surface area contributed by atoms with Crippen LogP contribution >= 0.6 is 0 Å². The number of aliphatic hydroxyl groups excluding tert-OH is 1. The van der Waals surface area contributed by atoms with Crippen LogP contribution in [-0.2, 0) is 29.1 Å². The number of ether oxygens (including phenoxy) is 1. The van der Waals surface area contributed by atoms with E-state index in [0.717, 1.165) is 4.31 Å². The summed E-state index contributed by atoms with van der Waals surface area (Å²) in [5.41, 5.74) is 0.216. The van der Waals surface area contributed by atoms with Crippen molar-refractivity contribution >= 4 is 33.6 Å². The van der Waals surface area contributed by atoms with Crippen LogP contribution in [0.3, 0.4) is 0 Å². The third-order valence-electron chi connectivity index (χ3n) is 5.40. The number of amides is 1. The van der Waals surface area contributed by atoms with E-state index < -0.39 is 33.9 Å².